The van der Waals surface area contributed by atoms with Crippen LogP contribution in [0, 0.1) is 0 Å². The van der Waals surface area contributed by atoms with Crippen LogP contribution >= 0.6 is 8.15 Å². The summed E-state index contributed by atoms with van der Waals surface area (Å²) in [5, 5.41) is 1.07. The van der Waals surface area contributed by atoms with Crippen molar-refractivity contribution in [2.75, 3.05) is 0 Å². The standard InChI is InChI=1S/C20H17O2P/c21-20(18-12-6-2-7-13-18)22-23(19-14-8-3-9-15-19)16-17-10-4-1-5-11-17/h1-15H,16H2. The summed E-state index contributed by atoms with van der Waals surface area (Å²) >= 11 is 0. The van der Waals surface area contributed by atoms with Crippen molar-refractivity contribution in [3.05, 3.63) is 102 Å². The van der Waals surface area contributed by atoms with Gasteiger partial charge >= 0.3 is 5.97 Å². The van der Waals surface area contributed by atoms with Crippen LogP contribution in [0.4, 0.5) is 0 Å². The molecule has 0 aliphatic heterocycles. The molecule has 0 aromatic heterocycles. The maximum Gasteiger partial charge on any atom is 0.341 e. The Morgan fingerprint density at radius 1 is 0.739 bits per heavy atom. The lowest BCUT2D eigenvalue weighted by molar-refractivity contribution is 0.0756. The lowest BCUT2D eigenvalue weighted by atomic mass is 10.2. The predicted octanol–water partition coefficient (Wildman–Crippen LogP) is 4.77. The van der Waals surface area contributed by atoms with E-state index in [2.05, 4.69) is 12.1 Å². The SMILES string of the molecule is O=C(OP(Cc1ccccc1)c1ccccc1)c1ccccc1. The van der Waals surface area contributed by atoms with Crippen molar-refractivity contribution in [3.8, 4) is 0 Å². The van der Waals surface area contributed by atoms with Crippen LogP contribution in [0.5, 0.6) is 0 Å². The van der Waals surface area contributed by atoms with Crippen LogP contribution in [0.1, 0.15) is 15.9 Å². The third kappa shape index (κ3) is 4.28. The van der Waals surface area contributed by atoms with Crippen LogP contribution in [0.3, 0.4) is 0 Å². The Labute approximate surface area is 137 Å². The van der Waals surface area contributed by atoms with Gasteiger partial charge in [-0.15, -0.1) is 0 Å². The fraction of sp³-hybridized carbons (Fsp3) is 0.0500. The molecule has 0 N–H and O–H groups in total. The summed E-state index contributed by atoms with van der Waals surface area (Å²) in [6.07, 6.45) is 0.721. The highest BCUT2D eigenvalue weighted by atomic mass is 31.1. The Balaban J connectivity index is 1.82. The number of rotatable bonds is 5. The molecule has 2 nitrogen and oxygen atoms in total. The van der Waals surface area contributed by atoms with Crippen LogP contribution < -0.4 is 5.30 Å². The molecule has 0 saturated heterocycles. The summed E-state index contributed by atoms with van der Waals surface area (Å²) in [5.41, 5.74) is 1.76. The first-order chi connectivity index (χ1) is 11.3. The van der Waals surface area contributed by atoms with Crippen molar-refractivity contribution in [1.82, 2.24) is 0 Å². The molecular formula is C20H17O2P. The van der Waals surface area contributed by atoms with Crippen LogP contribution in [-0.4, -0.2) is 5.97 Å². The van der Waals surface area contributed by atoms with Crippen LogP contribution in [0.2, 0.25) is 0 Å². The van der Waals surface area contributed by atoms with E-state index in [0.29, 0.717) is 5.56 Å². The molecule has 0 heterocycles. The third-order valence-corrected chi connectivity index (χ3v) is 5.33. The first kappa shape index (κ1) is 15.5. The van der Waals surface area contributed by atoms with Crippen LogP contribution in [-0.2, 0) is 10.7 Å². The highest BCUT2D eigenvalue weighted by molar-refractivity contribution is 7.60. The van der Waals surface area contributed by atoms with E-state index in [1.807, 2.05) is 66.7 Å². The molecule has 0 aliphatic carbocycles. The Hall–Kier alpha value is -2.44. The first-order valence-corrected chi connectivity index (χ1v) is 8.91. The van der Waals surface area contributed by atoms with Crippen molar-refractivity contribution in [3.63, 3.8) is 0 Å². The minimum atomic E-state index is -1.04. The van der Waals surface area contributed by atoms with Gasteiger partial charge in [-0.2, -0.15) is 0 Å². The largest absolute Gasteiger partial charge is 0.436 e. The average molecular weight is 320 g/mol. The molecule has 0 bridgehead atoms. The van der Waals surface area contributed by atoms with Crippen molar-refractivity contribution in [2.24, 2.45) is 0 Å². The normalized spacial score (nSPS) is 11.7. The number of carbonyl (C=O) groups is 1. The second-order valence-electron chi connectivity index (χ2n) is 5.10. The molecule has 0 fully saturated rings. The zero-order valence-corrected chi connectivity index (χ0v) is 13.5. The fourth-order valence-electron chi connectivity index (χ4n) is 2.25. The topological polar surface area (TPSA) is 26.3 Å². The zero-order valence-electron chi connectivity index (χ0n) is 12.6. The number of benzene rings is 3. The Morgan fingerprint density at radius 3 is 1.87 bits per heavy atom. The molecule has 1 unspecified atom stereocenters. The molecule has 0 saturated carbocycles. The summed E-state index contributed by atoms with van der Waals surface area (Å²) < 4.78 is 5.85. The van der Waals surface area contributed by atoms with Crippen molar-refractivity contribution in [2.45, 2.75) is 6.16 Å². The van der Waals surface area contributed by atoms with E-state index in [-0.39, 0.29) is 5.97 Å². The first-order valence-electron chi connectivity index (χ1n) is 7.47. The van der Waals surface area contributed by atoms with Crippen LogP contribution in [0.15, 0.2) is 91.0 Å². The lowest BCUT2D eigenvalue weighted by Crippen LogP contribution is -2.10. The van der Waals surface area contributed by atoms with Crippen molar-refractivity contribution >= 4 is 19.4 Å². The van der Waals surface area contributed by atoms with Gasteiger partial charge in [-0.25, -0.2) is 4.79 Å². The van der Waals surface area contributed by atoms with E-state index >= 15 is 0 Å². The molecule has 0 aliphatic rings. The molecule has 23 heavy (non-hydrogen) atoms. The molecular weight excluding hydrogens is 303 g/mol. The summed E-state index contributed by atoms with van der Waals surface area (Å²) in [7, 11) is -1.04. The smallest absolute Gasteiger partial charge is 0.341 e. The van der Waals surface area contributed by atoms with Gasteiger partial charge in [0.05, 0.1) is 5.56 Å². The number of hydrogen-bond acceptors (Lipinski definition) is 2. The Morgan fingerprint density at radius 2 is 1.26 bits per heavy atom. The molecule has 0 radical (unpaired) electrons. The fourth-order valence-corrected chi connectivity index (χ4v) is 3.95. The third-order valence-electron chi connectivity index (χ3n) is 3.42. The van der Waals surface area contributed by atoms with Crippen LogP contribution in [0.25, 0.3) is 0 Å². The summed E-state index contributed by atoms with van der Waals surface area (Å²) in [4.78, 5) is 12.4. The maximum absolute atomic E-state index is 12.4. The second-order valence-corrected chi connectivity index (χ2v) is 6.87. The summed E-state index contributed by atoms with van der Waals surface area (Å²) in [6, 6.07) is 29.2. The monoisotopic (exact) mass is 320 g/mol. The molecule has 3 rings (SSSR count). The van der Waals surface area contributed by atoms with Gasteiger partial charge in [0.15, 0.2) is 0 Å². The number of carbonyl (C=O) groups excluding carboxylic acids is 1. The summed E-state index contributed by atoms with van der Waals surface area (Å²) in [5.74, 6) is -0.267. The van der Waals surface area contributed by atoms with Gasteiger partial charge in [-0.1, -0.05) is 78.9 Å². The van der Waals surface area contributed by atoms with Gasteiger partial charge in [-0.3, -0.25) is 0 Å². The highest BCUT2D eigenvalue weighted by Gasteiger charge is 2.19. The second kappa shape index (κ2) is 7.71. The average Bonchev–Trinajstić information content (AvgIpc) is 2.63. The molecule has 1 atom stereocenters. The minimum absolute atomic E-state index is 0.267. The Kier molecular flexibility index (Phi) is 5.18. The maximum atomic E-state index is 12.4. The van der Waals surface area contributed by atoms with Gasteiger partial charge in [0.25, 0.3) is 0 Å². The summed E-state index contributed by atoms with van der Waals surface area (Å²) in [6.45, 7) is 0. The lowest BCUT2D eigenvalue weighted by Gasteiger charge is -2.18. The van der Waals surface area contributed by atoms with E-state index in [9.17, 15) is 4.79 Å². The van der Waals surface area contributed by atoms with E-state index < -0.39 is 8.15 Å². The van der Waals surface area contributed by atoms with Gasteiger partial charge in [-0.05, 0) is 17.7 Å². The van der Waals surface area contributed by atoms with E-state index in [1.54, 1.807) is 12.1 Å². The highest BCUT2D eigenvalue weighted by Crippen LogP contribution is 2.40. The van der Waals surface area contributed by atoms with E-state index in [4.69, 9.17) is 4.52 Å². The van der Waals surface area contributed by atoms with Gasteiger partial charge in [0.1, 0.15) is 8.15 Å². The molecule has 0 spiro atoms. The minimum Gasteiger partial charge on any atom is -0.436 e. The van der Waals surface area contributed by atoms with Crippen molar-refractivity contribution < 1.29 is 9.32 Å². The number of hydrogen-bond donors (Lipinski definition) is 0. The van der Waals surface area contributed by atoms with Gasteiger partial charge < -0.3 is 4.52 Å². The Bertz CT molecular complexity index is 742. The molecule has 0 amide bonds. The predicted molar refractivity (Wildman–Crippen MR) is 95.0 cm³/mol. The van der Waals surface area contributed by atoms with E-state index in [0.717, 1.165) is 11.5 Å². The quantitative estimate of drug-likeness (QED) is 0.633. The van der Waals surface area contributed by atoms with Gasteiger partial charge in [0, 0.05) is 11.5 Å². The molecule has 114 valence electrons. The zero-order chi connectivity index (χ0) is 15.9. The van der Waals surface area contributed by atoms with Crippen molar-refractivity contribution in [1.29, 1.82) is 0 Å². The van der Waals surface area contributed by atoms with E-state index in [1.165, 1.54) is 5.56 Å². The molecule has 3 aromatic carbocycles. The van der Waals surface area contributed by atoms with Gasteiger partial charge in [0.2, 0.25) is 0 Å². The molecule has 3 aromatic rings. The molecule has 3 heteroatoms.